The Hall–Kier alpha value is -2.05. The smallest absolute Gasteiger partial charge is 0.261 e. The lowest BCUT2D eigenvalue weighted by molar-refractivity contribution is 0.185. The van der Waals surface area contributed by atoms with Crippen molar-refractivity contribution >= 4 is 15.7 Å². The molecule has 1 saturated carbocycles. The van der Waals surface area contributed by atoms with Gasteiger partial charge in [-0.05, 0) is 55.3 Å². The van der Waals surface area contributed by atoms with Gasteiger partial charge in [0, 0.05) is 19.0 Å². The van der Waals surface area contributed by atoms with E-state index in [1.165, 1.54) is 32.1 Å². The minimum atomic E-state index is -3.64. The van der Waals surface area contributed by atoms with Gasteiger partial charge in [0.25, 0.3) is 10.0 Å². The zero-order chi connectivity index (χ0) is 19.6. The molecule has 0 unspecified atom stereocenters. The fourth-order valence-electron chi connectivity index (χ4n) is 4.21. The van der Waals surface area contributed by atoms with E-state index in [4.69, 9.17) is 4.74 Å². The normalized spacial score (nSPS) is 17.4. The minimum Gasteiger partial charge on any atom is -0.493 e. The molecule has 0 bridgehead atoms. The Bertz CT molecular complexity index is 937. The Morgan fingerprint density at radius 1 is 1.11 bits per heavy atom. The molecule has 1 heterocycles. The molecule has 4 rings (SSSR count). The first-order valence-corrected chi connectivity index (χ1v) is 11.6. The van der Waals surface area contributed by atoms with Crippen molar-refractivity contribution < 1.29 is 13.2 Å². The molecule has 1 aliphatic heterocycles. The van der Waals surface area contributed by atoms with E-state index < -0.39 is 10.0 Å². The quantitative estimate of drug-likeness (QED) is 0.790. The Kier molecular flexibility index (Phi) is 5.60. The fourth-order valence-corrected chi connectivity index (χ4v) is 5.36. The third-order valence-corrected chi connectivity index (χ3v) is 7.21. The molecule has 2 aliphatic rings. The molecule has 1 N–H and O–H groups in total. The zero-order valence-electron chi connectivity index (χ0n) is 16.4. The van der Waals surface area contributed by atoms with Gasteiger partial charge >= 0.3 is 0 Å². The van der Waals surface area contributed by atoms with Crippen LogP contribution >= 0.6 is 0 Å². The minimum absolute atomic E-state index is 0.284. The second kappa shape index (κ2) is 8.13. The first kappa shape index (κ1) is 19.3. The molecule has 2 aromatic carbocycles. The Morgan fingerprint density at radius 2 is 1.89 bits per heavy atom. The fraction of sp³-hybridized carbons (Fsp3) is 0.455. The van der Waals surface area contributed by atoms with E-state index >= 15 is 0 Å². The molecule has 5 nitrogen and oxygen atoms in total. The summed E-state index contributed by atoms with van der Waals surface area (Å²) in [5.74, 6) is 0.786. The molecule has 2 aromatic rings. The van der Waals surface area contributed by atoms with Gasteiger partial charge in [0.15, 0.2) is 0 Å². The molecule has 1 fully saturated rings. The molecule has 0 radical (unpaired) electrons. The lowest BCUT2D eigenvalue weighted by Crippen LogP contribution is -2.33. The molecule has 0 saturated heterocycles. The highest BCUT2D eigenvalue weighted by atomic mass is 32.2. The molecule has 28 heavy (non-hydrogen) atoms. The number of nitrogens with zero attached hydrogens (tertiary/aromatic N) is 1. The summed E-state index contributed by atoms with van der Waals surface area (Å²) in [5, 5.41) is 0. The molecular weight excluding hydrogens is 372 g/mol. The number of benzene rings is 2. The van der Waals surface area contributed by atoms with E-state index in [1.807, 2.05) is 24.3 Å². The van der Waals surface area contributed by atoms with Gasteiger partial charge in [-0.3, -0.25) is 9.62 Å². The lowest BCUT2D eigenvalue weighted by atomic mass is 9.94. The van der Waals surface area contributed by atoms with Gasteiger partial charge in [0.1, 0.15) is 5.75 Å². The highest BCUT2D eigenvalue weighted by Gasteiger charge is 2.22. The van der Waals surface area contributed by atoms with Gasteiger partial charge < -0.3 is 4.74 Å². The number of ether oxygens (including phenoxy) is 1. The van der Waals surface area contributed by atoms with Crippen molar-refractivity contribution in [2.75, 3.05) is 18.4 Å². The number of fused-ring (bicyclic) bond motifs is 1. The van der Waals surface area contributed by atoms with Crippen LogP contribution in [-0.4, -0.2) is 33.0 Å². The van der Waals surface area contributed by atoms with E-state index in [0.717, 1.165) is 29.8 Å². The number of para-hydroxylation sites is 1. The van der Waals surface area contributed by atoms with Crippen LogP contribution in [0.4, 0.5) is 5.69 Å². The average molecular weight is 401 g/mol. The molecular formula is C22H28N2O3S. The molecule has 0 aromatic heterocycles. The Labute approximate surface area is 167 Å². The maximum atomic E-state index is 13.0. The molecule has 0 spiro atoms. The SMILES string of the molecule is CN(Cc1ccccc1NS(=O)(=O)c1ccc2c(c1)CCO2)C1CCCCC1. The van der Waals surface area contributed by atoms with E-state index in [0.29, 0.717) is 18.3 Å². The topological polar surface area (TPSA) is 58.6 Å². The van der Waals surface area contributed by atoms with Gasteiger partial charge in [-0.2, -0.15) is 0 Å². The standard InChI is InChI=1S/C22H28N2O3S/c1-24(19-8-3-2-4-9-19)16-18-7-5-6-10-21(18)23-28(25,26)20-11-12-22-17(15-20)13-14-27-22/h5-7,10-12,15,19,23H,2-4,8-9,13-14,16H2,1H3. The van der Waals surface area contributed by atoms with Gasteiger partial charge in [-0.15, -0.1) is 0 Å². The van der Waals surface area contributed by atoms with Crippen LogP contribution < -0.4 is 9.46 Å². The van der Waals surface area contributed by atoms with Crippen LogP contribution in [0.5, 0.6) is 5.75 Å². The van der Waals surface area contributed by atoms with Gasteiger partial charge in [0.2, 0.25) is 0 Å². The number of rotatable bonds is 6. The summed E-state index contributed by atoms with van der Waals surface area (Å²) in [7, 11) is -1.50. The summed E-state index contributed by atoms with van der Waals surface area (Å²) >= 11 is 0. The maximum absolute atomic E-state index is 13.0. The first-order valence-electron chi connectivity index (χ1n) is 10.1. The van der Waals surface area contributed by atoms with Crippen LogP contribution in [0, 0.1) is 0 Å². The van der Waals surface area contributed by atoms with Crippen LogP contribution in [0.15, 0.2) is 47.4 Å². The summed E-state index contributed by atoms with van der Waals surface area (Å²) in [5.41, 5.74) is 2.61. The van der Waals surface area contributed by atoms with Gasteiger partial charge in [-0.1, -0.05) is 37.5 Å². The number of hydrogen-bond acceptors (Lipinski definition) is 4. The summed E-state index contributed by atoms with van der Waals surface area (Å²) in [4.78, 5) is 2.64. The van der Waals surface area contributed by atoms with Crippen LogP contribution in [0.25, 0.3) is 0 Å². The van der Waals surface area contributed by atoms with Gasteiger partial charge in [-0.25, -0.2) is 8.42 Å². The first-order chi connectivity index (χ1) is 13.5. The van der Waals surface area contributed by atoms with Crippen molar-refractivity contribution in [1.29, 1.82) is 0 Å². The third-order valence-electron chi connectivity index (χ3n) is 5.85. The van der Waals surface area contributed by atoms with Crippen molar-refractivity contribution in [2.45, 2.75) is 56.0 Å². The summed E-state index contributed by atoms with van der Waals surface area (Å²) in [6.07, 6.45) is 7.09. The van der Waals surface area contributed by atoms with Crippen molar-refractivity contribution in [3.8, 4) is 5.75 Å². The van der Waals surface area contributed by atoms with Gasteiger partial charge in [0.05, 0.1) is 17.2 Å². The van der Waals surface area contributed by atoms with Crippen molar-refractivity contribution in [1.82, 2.24) is 4.90 Å². The number of sulfonamides is 1. The zero-order valence-corrected chi connectivity index (χ0v) is 17.2. The lowest BCUT2D eigenvalue weighted by Gasteiger charge is -2.31. The Morgan fingerprint density at radius 3 is 2.71 bits per heavy atom. The third kappa shape index (κ3) is 4.18. The maximum Gasteiger partial charge on any atom is 0.261 e. The number of anilines is 1. The predicted molar refractivity (Wildman–Crippen MR) is 111 cm³/mol. The van der Waals surface area contributed by atoms with Crippen LogP contribution in [-0.2, 0) is 23.0 Å². The second-order valence-corrected chi connectivity index (χ2v) is 9.52. The Balaban J connectivity index is 1.53. The van der Waals surface area contributed by atoms with Crippen molar-refractivity contribution in [3.05, 3.63) is 53.6 Å². The van der Waals surface area contributed by atoms with E-state index in [-0.39, 0.29) is 4.90 Å². The van der Waals surface area contributed by atoms with Crippen molar-refractivity contribution in [2.24, 2.45) is 0 Å². The van der Waals surface area contributed by atoms with E-state index in [9.17, 15) is 8.42 Å². The highest BCUT2D eigenvalue weighted by Crippen LogP contribution is 2.30. The van der Waals surface area contributed by atoms with E-state index in [1.54, 1.807) is 18.2 Å². The second-order valence-electron chi connectivity index (χ2n) is 7.84. The van der Waals surface area contributed by atoms with Crippen molar-refractivity contribution in [3.63, 3.8) is 0 Å². The molecule has 1 aliphatic carbocycles. The number of hydrogen-bond donors (Lipinski definition) is 1. The predicted octanol–water partition coefficient (Wildman–Crippen LogP) is 4.19. The van der Waals surface area contributed by atoms with E-state index in [2.05, 4.69) is 16.7 Å². The molecule has 150 valence electrons. The van der Waals surface area contributed by atoms with Crippen LogP contribution in [0.1, 0.15) is 43.2 Å². The monoisotopic (exact) mass is 400 g/mol. The number of nitrogens with one attached hydrogen (secondary N) is 1. The average Bonchev–Trinajstić information content (AvgIpc) is 3.18. The van der Waals surface area contributed by atoms with Crippen LogP contribution in [0.2, 0.25) is 0 Å². The highest BCUT2D eigenvalue weighted by molar-refractivity contribution is 7.92. The summed E-state index contributed by atoms with van der Waals surface area (Å²) in [6.45, 7) is 1.35. The molecule has 0 amide bonds. The molecule has 6 heteroatoms. The summed E-state index contributed by atoms with van der Waals surface area (Å²) < 4.78 is 34.2. The molecule has 0 atom stereocenters. The van der Waals surface area contributed by atoms with Crippen LogP contribution in [0.3, 0.4) is 0 Å². The summed E-state index contributed by atoms with van der Waals surface area (Å²) in [6, 6.07) is 13.4. The largest absolute Gasteiger partial charge is 0.493 e.